The smallest absolute Gasteiger partial charge is 0.273 e. The van der Waals surface area contributed by atoms with Crippen LogP contribution in [0.5, 0.6) is 0 Å². The summed E-state index contributed by atoms with van der Waals surface area (Å²) in [7, 11) is 0. The number of nitrogen functional groups attached to an aromatic ring is 1. The largest absolute Gasteiger partial charge is 0.375 e. The van der Waals surface area contributed by atoms with Crippen LogP contribution in [0.4, 0.5) is 10.8 Å². The number of aromatic nitrogens is 3. The van der Waals surface area contributed by atoms with Crippen LogP contribution in [0, 0.1) is 10.1 Å². The standard InChI is InChI=1S/C12H9N5O3S2/c13-11-14-9-8(22-11)10(18)16-12(15-9)21-5-6-3-1-2-4-7(6)17(19)20/h1-4H,5H2,(H3,13,14,15,16,18). The molecule has 8 nitrogen and oxygen atoms in total. The minimum Gasteiger partial charge on any atom is -0.375 e. The van der Waals surface area contributed by atoms with E-state index in [0.29, 0.717) is 21.2 Å². The summed E-state index contributed by atoms with van der Waals surface area (Å²) in [6.45, 7) is 0. The van der Waals surface area contributed by atoms with Crippen molar-refractivity contribution in [2.75, 3.05) is 5.73 Å². The molecule has 22 heavy (non-hydrogen) atoms. The van der Waals surface area contributed by atoms with Gasteiger partial charge in [0.05, 0.1) is 4.92 Å². The zero-order valence-corrected chi connectivity index (χ0v) is 12.6. The van der Waals surface area contributed by atoms with Crippen molar-refractivity contribution >= 4 is 44.3 Å². The van der Waals surface area contributed by atoms with Gasteiger partial charge >= 0.3 is 0 Å². The first-order valence-electron chi connectivity index (χ1n) is 6.06. The van der Waals surface area contributed by atoms with Crippen LogP contribution in [0.15, 0.2) is 34.2 Å². The van der Waals surface area contributed by atoms with E-state index in [1.165, 1.54) is 17.8 Å². The molecule has 0 aliphatic rings. The Morgan fingerprint density at radius 3 is 2.91 bits per heavy atom. The maximum Gasteiger partial charge on any atom is 0.273 e. The van der Waals surface area contributed by atoms with E-state index < -0.39 is 4.92 Å². The number of nitrogens with zero attached hydrogens (tertiary/aromatic N) is 3. The van der Waals surface area contributed by atoms with Gasteiger partial charge in [0, 0.05) is 17.4 Å². The molecule has 10 heteroatoms. The molecule has 3 rings (SSSR count). The number of nitrogens with two attached hydrogens (primary N) is 1. The number of nitrogens with one attached hydrogen (secondary N) is 1. The van der Waals surface area contributed by atoms with E-state index in [1.54, 1.807) is 18.2 Å². The first-order valence-corrected chi connectivity index (χ1v) is 7.86. The van der Waals surface area contributed by atoms with E-state index in [1.807, 2.05) is 0 Å². The molecule has 0 radical (unpaired) electrons. The molecule has 0 saturated heterocycles. The van der Waals surface area contributed by atoms with E-state index >= 15 is 0 Å². The van der Waals surface area contributed by atoms with Gasteiger partial charge in [-0.1, -0.05) is 41.3 Å². The van der Waals surface area contributed by atoms with Crippen molar-refractivity contribution < 1.29 is 4.92 Å². The molecular formula is C12H9N5O3S2. The number of H-pyrrole nitrogens is 1. The molecule has 0 atom stereocenters. The number of anilines is 1. The molecule has 3 aromatic rings. The van der Waals surface area contributed by atoms with Crippen LogP contribution < -0.4 is 11.3 Å². The number of hydrogen-bond acceptors (Lipinski definition) is 8. The van der Waals surface area contributed by atoms with Crippen LogP contribution in [0.1, 0.15) is 5.56 Å². The van der Waals surface area contributed by atoms with Crippen molar-refractivity contribution in [3.8, 4) is 0 Å². The Labute approximate surface area is 131 Å². The Morgan fingerprint density at radius 1 is 1.36 bits per heavy atom. The van der Waals surface area contributed by atoms with E-state index in [9.17, 15) is 14.9 Å². The summed E-state index contributed by atoms with van der Waals surface area (Å²) in [5, 5.41) is 11.6. The topological polar surface area (TPSA) is 128 Å². The van der Waals surface area contributed by atoms with Crippen LogP contribution >= 0.6 is 23.1 Å². The number of benzene rings is 1. The van der Waals surface area contributed by atoms with Gasteiger partial charge < -0.3 is 10.7 Å². The summed E-state index contributed by atoms with van der Waals surface area (Å²) >= 11 is 2.27. The second kappa shape index (κ2) is 5.73. The molecular weight excluding hydrogens is 326 g/mol. The lowest BCUT2D eigenvalue weighted by molar-refractivity contribution is -0.385. The second-order valence-electron chi connectivity index (χ2n) is 4.25. The number of rotatable bonds is 4. The Hall–Kier alpha value is -2.46. The average Bonchev–Trinajstić information content (AvgIpc) is 2.86. The van der Waals surface area contributed by atoms with Crippen molar-refractivity contribution in [1.82, 2.24) is 15.0 Å². The quantitative estimate of drug-likeness (QED) is 0.323. The third-order valence-corrected chi connectivity index (χ3v) is 4.61. The number of thioether (sulfide) groups is 1. The molecule has 0 spiro atoms. The van der Waals surface area contributed by atoms with Crippen molar-refractivity contribution in [2.24, 2.45) is 0 Å². The SMILES string of the molecule is Nc1nc2nc(SCc3ccccc3[N+](=O)[O-])[nH]c(=O)c2s1. The van der Waals surface area contributed by atoms with Crippen molar-refractivity contribution in [2.45, 2.75) is 10.9 Å². The summed E-state index contributed by atoms with van der Waals surface area (Å²) in [5.41, 5.74) is 6.13. The average molecular weight is 335 g/mol. The number of thiazole rings is 1. The number of hydrogen-bond donors (Lipinski definition) is 2. The highest BCUT2D eigenvalue weighted by molar-refractivity contribution is 7.98. The van der Waals surface area contributed by atoms with Crippen LogP contribution in [-0.2, 0) is 5.75 Å². The first-order chi connectivity index (χ1) is 10.5. The Bertz CT molecular complexity index is 921. The molecule has 3 N–H and O–H groups in total. The normalized spacial score (nSPS) is 10.9. The van der Waals surface area contributed by atoms with Gasteiger partial charge in [0.25, 0.3) is 11.2 Å². The van der Waals surface area contributed by atoms with Crippen LogP contribution in [-0.4, -0.2) is 19.9 Å². The zero-order valence-electron chi connectivity index (χ0n) is 11.0. The predicted octanol–water partition coefficient (Wildman–Crippen LogP) is 2.16. The number of nitro groups is 1. The lowest BCUT2D eigenvalue weighted by Crippen LogP contribution is -2.07. The molecule has 2 aromatic heterocycles. The lowest BCUT2D eigenvalue weighted by Gasteiger charge is -2.02. The van der Waals surface area contributed by atoms with Crippen molar-refractivity contribution in [3.63, 3.8) is 0 Å². The number of fused-ring (bicyclic) bond motifs is 1. The highest BCUT2D eigenvalue weighted by Crippen LogP contribution is 2.27. The third kappa shape index (κ3) is 2.78. The monoisotopic (exact) mass is 335 g/mol. The summed E-state index contributed by atoms with van der Waals surface area (Å²) in [4.78, 5) is 33.2. The summed E-state index contributed by atoms with van der Waals surface area (Å²) in [6.07, 6.45) is 0. The van der Waals surface area contributed by atoms with Gasteiger partial charge in [-0.3, -0.25) is 14.9 Å². The Kier molecular flexibility index (Phi) is 3.77. The van der Waals surface area contributed by atoms with Crippen molar-refractivity contribution in [1.29, 1.82) is 0 Å². The molecule has 0 aliphatic carbocycles. The molecule has 0 fully saturated rings. The summed E-state index contributed by atoms with van der Waals surface area (Å²) < 4.78 is 0.368. The van der Waals surface area contributed by atoms with Gasteiger partial charge in [0.1, 0.15) is 4.70 Å². The molecule has 0 bridgehead atoms. The third-order valence-electron chi connectivity index (χ3n) is 2.81. The highest BCUT2D eigenvalue weighted by atomic mass is 32.2. The van der Waals surface area contributed by atoms with Crippen LogP contribution in [0.2, 0.25) is 0 Å². The van der Waals surface area contributed by atoms with Gasteiger partial charge in [-0.2, -0.15) is 0 Å². The molecule has 0 amide bonds. The number of para-hydroxylation sites is 1. The molecule has 0 aliphatic heterocycles. The fraction of sp³-hybridized carbons (Fsp3) is 0.0833. The van der Waals surface area contributed by atoms with E-state index in [-0.39, 0.29) is 22.0 Å². The molecule has 1 aromatic carbocycles. The molecule has 112 valence electrons. The van der Waals surface area contributed by atoms with E-state index in [2.05, 4.69) is 15.0 Å². The van der Waals surface area contributed by atoms with Crippen LogP contribution in [0.3, 0.4) is 0 Å². The highest BCUT2D eigenvalue weighted by Gasteiger charge is 2.14. The first kappa shape index (κ1) is 14.5. The minimum atomic E-state index is -0.434. The fourth-order valence-corrected chi connectivity index (χ4v) is 3.38. The van der Waals surface area contributed by atoms with Gasteiger partial charge in [-0.05, 0) is 0 Å². The maximum absolute atomic E-state index is 11.9. The number of aromatic amines is 1. The molecule has 0 unspecified atom stereocenters. The fourth-order valence-electron chi connectivity index (χ4n) is 1.86. The van der Waals surface area contributed by atoms with Gasteiger partial charge in [0.15, 0.2) is 15.9 Å². The van der Waals surface area contributed by atoms with Crippen molar-refractivity contribution in [3.05, 3.63) is 50.3 Å². The predicted molar refractivity (Wildman–Crippen MR) is 85.1 cm³/mol. The molecule has 2 heterocycles. The summed E-state index contributed by atoms with van der Waals surface area (Å²) in [5.74, 6) is 0.311. The zero-order chi connectivity index (χ0) is 15.7. The number of nitro benzene ring substituents is 1. The minimum absolute atomic E-state index is 0.0383. The van der Waals surface area contributed by atoms with Gasteiger partial charge in [-0.15, -0.1) is 0 Å². The maximum atomic E-state index is 11.9. The van der Waals surface area contributed by atoms with E-state index in [4.69, 9.17) is 5.73 Å². The van der Waals surface area contributed by atoms with E-state index in [0.717, 1.165) is 11.3 Å². The second-order valence-corrected chi connectivity index (χ2v) is 6.25. The Morgan fingerprint density at radius 2 is 2.14 bits per heavy atom. The van der Waals surface area contributed by atoms with Gasteiger partial charge in [-0.25, -0.2) is 9.97 Å². The lowest BCUT2D eigenvalue weighted by atomic mass is 10.2. The van der Waals surface area contributed by atoms with Crippen LogP contribution in [0.25, 0.3) is 10.3 Å². The van der Waals surface area contributed by atoms with Gasteiger partial charge in [0.2, 0.25) is 0 Å². The Balaban J connectivity index is 1.88. The molecule has 0 saturated carbocycles. The summed E-state index contributed by atoms with van der Waals surface area (Å²) in [6, 6.07) is 6.44.